The van der Waals surface area contributed by atoms with Crippen LogP contribution in [0.25, 0.3) is 0 Å². The number of nitrogens with one attached hydrogen (secondary N) is 2. The Morgan fingerprint density at radius 3 is 2.37 bits per heavy atom. The molecular weight excluding hydrogens is 380 g/mol. The van der Waals surface area contributed by atoms with Crippen LogP contribution in [0.5, 0.6) is 0 Å². The van der Waals surface area contributed by atoms with Crippen molar-refractivity contribution in [2.75, 3.05) is 5.32 Å². The van der Waals surface area contributed by atoms with Gasteiger partial charge in [-0.25, -0.2) is 8.42 Å². The van der Waals surface area contributed by atoms with E-state index < -0.39 is 22.0 Å². The molecule has 0 unspecified atom stereocenters. The molecule has 0 aliphatic heterocycles. The minimum absolute atomic E-state index is 0.171. The summed E-state index contributed by atoms with van der Waals surface area (Å²) >= 11 is 1.11. The lowest BCUT2D eigenvalue weighted by atomic mass is 10.1. The fourth-order valence-electron chi connectivity index (χ4n) is 2.70. The van der Waals surface area contributed by atoms with Crippen molar-refractivity contribution in [3.05, 3.63) is 83.2 Å². The highest BCUT2D eigenvalue weighted by Gasteiger charge is 2.28. The van der Waals surface area contributed by atoms with Crippen molar-refractivity contribution < 1.29 is 13.2 Å². The van der Waals surface area contributed by atoms with Crippen LogP contribution in [0.3, 0.4) is 0 Å². The fraction of sp³-hybridized carbons (Fsp3) is 0.150. The number of hydrogen-bond donors (Lipinski definition) is 2. The first-order chi connectivity index (χ1) is 13.0. The van der Waals surface area contributed by atoms with Gasteiger partial charge in [0.15, 0.2) is 0 Å². The first-order valence-corrected chi connectivity index (χ1v) is 10.9. The molecule has 0 aliphatic rings. The third kappa shape index (κ3) is 4.63. The normalized spacial score (nSPS) is 12.5. The third-order valence-electron chi connectivity index (χ3n) is 4.08. The molecule has 3 rings (SSSR count). The molecule has 0 saturated heterocycles. The van der Waals surface area contributed by atoms with Crippen molar-refractivity contribution in [3.8, 4) is 0 Å². The van der Waals surface area contributed by atoms with Gasteiger partial charge < -0.3 is 5.32 Å². The van der Waals surface area contributed by atoms with Crippen molar-refractivity contribution in [3.63, 3.8) is 0 Å². The van der Waals surface area contributed by atoms with Gasteiger partial charge in [-0.1, -0.05) is 61.5 Å². The van der Waals surface area contributed by atoms with Crippen molar-refractivity contribution >= 4 is 33.0 Å². The summed E-state index contributed by atoms with van der Waals surface area (Å²) in [5.74, 6) is -0.428. The maximum Gasteiger partial charge on any atom is 0.251 e. The van der Waals surface area contributed by atoms with E-state index in [1.165, 1.54) is 6.07 Å². The Labute approximate surface area is 163 Å². The van der Waals surface area contributed by atoms with Crippen LogP contribution >= 0.6 is 11.3 Å². The summed E-state index contributed by atoms with van der Waals surface area (Å²) in [6.07, 6.45) is 0.757. The highest BCUT2D eigenvalue weighted by atomic mass is 32.2. The number of hydrogen-bond acceptors (Lipinski definition) is 4. The quantitative estimate of drug-likeness (QED) is 0.630. The maximum absolute atomic E-state index is 13.0. The molecule has 140 valence electrons. The zero-order valence-electron chi connectivity index (χ0n) is 14.8. The Hall–Kier alpha value is -2.48. The molecule has 27 heavy (non-hydrogen) atoms. The Balaban J connectivity index is 1.92. The lowest BCUT2D eigenvalue weighted by Crippen LogP contribution is -2.36. The van der Waals surface area contributed by atoms with Crippen LogP contribution < -0.4 is 10.0 Å². The maximum atomic E-state index is 13.0. The van der Waals surface area contributed by atoms with E-state index in [2.05, 4.69) is 10.0 Å². The van der Waals surface area contributed by atoms with E-state index in [0.717, 1.165) is 23.3 Å². The molecule has 0 fully saturated rings. The topological polar surface area (TPSA) is 75.3 Å². The highest BCUT2D eigenvalue weighted by molar-refractivity contribution is 7.91. The van der Waals surface area contributed by atoms with E-state index >= 15 is 0 Å². The molecule has 0 saturated carbocycles. The zero-order chi connectivity index (χ0) is 19.3. The molecule has 0 aliphatic carbocycles. The number of rotatable bonds is 7. The number of carbonyl (C=O) groups is 1. The lowest BCUT2D eigenvalue weighted by molar-refractivity contribution is -0.117. The zero-order valence-corrected chi connectivity index (χ0v) is 16.4. The van der Waals surface area contributed by atoms with E-state index in [9.17, 15) is 13.2 Å². The number of para-hydroxylation sites is 1. The van der Waals surface area contributed by atoms with Crippen LogP contribution in [-0.4, -0.2) is 14.3 Å². The van der Waals surface area contributed by atoms with E-state index in [1.54, 1.807) is 35.7 Å². The Morgan fingerprint density at radius 1 is 1.00 bits per heavy atom. The molecule has 1 amide bonds. The third-order valence-corrected chi connectivity index (χ3v) is 6.90. The first kappa shape index (κ1) is 19.3. The van der Waals surface area contributed by atoms with Crippen molar-refractivity contribution in [1.29, 1.82) is 0 Å². The second-order valence-corrected chi connectivity index (χ2v) is 8.79. The van der Waals surface area contributed by atoms with E-state index in [-0.39, 0.29) is 4.21 Å². The summed E-state index contributed by atoms with van der Waals surface area (Å²) in [4.78, 5) is 13.0. The Morgan fingerprint density at radius 2 is 1.70 bits per heavy atom. The Bertz CT molecular complexity index is 1000. The second-order valence-electron chi connectivity index (χ2n) is 5.90. The molecule has 1 heterocycles. The number of benzene rings is 2. The van der Waals surface area contributed by atoms with Crippen LogP contribution in [0, 0.1) is 0 Å². The highest BCUT2D eigenvalue weighted by Crippen LogP contribution is 2.23. The predicted molar refractivity (Wildman–Crippen MR) is 108 cm³/mol. The molecule has 3 aromatic rings. The average Bonchev–Trinajstić information content (AvgIpc) is 3.23. The van der Waals surface area contributed by atoms with Gasteiger partial charge in [0.1, 0.15) is 10.3 Å². The summed E-state index contributed by atoms with van der Waals surface area (Å²) in [5.41, 5.74) is 2.24. The number of aryl methyl sites for hydroxylation is 1. The van der Waals surface area contributed by atoms with Gasteiger partial charge in [0.05, 0.1) is 0 Å². The van der Waals surface area contributed by atoms with Crippen LogP contribution in [0.4, 0.5) is 5.69 Å². The number of carbonyl (C=O) groups excluding carboxylic acids is 1. The Kier molecular flexibility index (Phi) is 6.05. The SMILES string of the molecule is CCc1ccccc1NC(=O)[C@@H](NS(=O)(=O)c1cccs1)c1ccccc1. The van der Waals surface area contributed by atoms with Crippen LogP contribution in [-0.2, 0) is 21.2 Å². The van der Waals surface area contributed by atoms with E-state index in [1.807, 2.05) is 37.3 Å². The summed E-state index contributed by atoms with van der Waals surface area (Å²) in [7, 11) is -3.81. The van der Waals surface area contributed by atoms with Gasteiger partial charge in [0, 0.05) is 5.69 Å². The summed E-state index contributed by atoms with van der Waals surface area (Å²) < 4.78 is 28.1. The molecule has 7 heteroatoms. The first-order valence-electron chi connectivity index (χ1n) is 8.51. The molecule has 0 radical (unpaired) electrons. The van der Waals surface area contributed by atoms with E-state index in [0.29, 0.717) is 11.3 Å². The monoisotopic (exact) mass is 400 g/mol. The molecule has 1 aromatic heterocycles. The molecule has 1 atom stereocenters. The van der Waals surface area contributed by atoms with Crippen LogP contribution in [0.2, 0.25) is 0 Å². The van der Waals surface area contributed by atoms with Gasteiger partial charge >= 0.3 is 0 Å². The molecule has 2 aromatic carbocycles. The number of thiophene rings is 1. The molecule has 2 N–H and O–H groups in total. The lowest BCUT2D eigenvalue weighted by Gasteiger charge is -2.19. The van der Waals surface area contributed by atoms with Gasteiger partial charge in [-0.05, 0) is 35.1 Å². The van der Waals surface area contributed by atoms with Crippen molar-refractivity contribution in [1.82, 2.24) is 4.72 Å². The average molecular weight is 401 g/mol. The van der Waals surface area contributed by atoms with Crippen molar-refractivity contribution in [2.24, 2.45) is 0 Å². The van der Waals surface area contributed by atoms with E-state index in [4.69, 9.17) is 0 Å². The second kappa shape index (κ2) is 8.47. The molecular formula is C20H20N2O3S2. The molecule has 0 spiro atoms. The predicted octanol–water partition coefficient (Wildman–Crippen LogP) is 3.97. The molecule has 5 nitrogen and oxygen atoms in total. The number of amides is 1. The fourth-order valence-corrected chi connectivity index (χ4v) is 4.90. The summed E-state index contributed by atoms with van der Waals surface area (Å²) in [5, 5.41) is 4.55. The summed E-state index contributed by atoms with van der Waals surface area (Å²) in [6, 6.07) is 18.4. The van der Waals surface area contributed by atoms with Gasteiger partial charge in [-0.3, -0.25) is 4.79 Å². The molecule has 0 bridgehead atoms. The smallest absolute Gasteiger partial charge is 0.251 e. The van der Waals surface area contributed by atoms with Crippen LogP contribution in [0.1, 0.15) is 24.1 Å². The van der Waals surface area contributed by atoms with Crippen molar-refractivity contribution in [2.45, 2.75) is 23.6 Å². The largest absolute Gasteiger partial charge is 0.324 e. The number of anilines is 1. The van der Waals surface area contributed by atoms with Gasteiger partial charge in [-0.2, -0.15) is 4.72 Å². The van der Waals surface area contributed by atoms with Crippen LogP contribution in [0.15, 0.2) is 76.3 Å². The van der Waals surface area contributed by atoms with Gasteiger partial charge in [0.2, 0.25) is 5.91 Å². The number of sulfonamides is 1. The van der Waals surface area contributed by atoms with Gasteiger partial charge in [0.25, 0.3) is 10.0 Å². The summed E-state index contributed by atoms with van der Waals surface area (Å²) in [6.45, 7) is 2.00. The minimum atomic E-state index is -3.81. The standard InChI is InChI=1S/C20H20N2O3S2/c1-2-15-9-6-7-12-17(15)21-20(23)19(16-10-4-3-5-11-16)22-27(24,25)18-13-8-14-26-18/h3-14,19,22H,2H2,1H3,(H,21,23)/t19-/m0/s1. The minimum Gasteiger partial charge on any atom is -0.324 e. The van der Waals surface area contributed by atoms with Gasteiger partial charge in [-0.15, -0.1) is 11.3 Å².